The van der Waals surface area contributed by atoms with Crippen LogP contribution in [-0.2, 0) is 0 Å². The van der Waals surface area contributed by atoms with Crippen molar-refractivity contribution in [2.75, 3.05) is 13.2 Å². The van der Waals surface area contributed by atoms with Crippen LogP contribution in [0.4, 0.5) is 0 Å². The van der Waals surface area contributed by atoms with E-state index in [-0.39, 0.29) is 0 Å². The zero-order chi connectivity index (χ0) is 14.3. The lowest BCUT2D eigenvalue weighted by molar-refractivity contribution is 0.162. The van der Waals surface area contributed by atoms with Gasteiger partial charge in [-0.2, -0.15) is 0 Å². The zero-order valence-corrected chi connectivity index (χ0v) is 12.4. The smallest absolute Gasteiger partial charge is 0.119 e. The molecule has 2 atom stereocenters. The average molecular weight is 265 g/mol. The molecule has 0 radical (unpaired) electrons. The van der Waals surface area contributed by atoms with Crippen LogP contribution in [-0.4, -0.2) is 24.4 Å². The lowest BCUT2D eigenvalue weighted by atomic mass is 9.88. The van der Waals surface area contributed by atoms with Crippen LogP contribution in [0.25, 0.3) is 0 Å². The van der Waals surface area contributed by atoms with Crippen LogP contribution in [0.3, 0.4) is 0 Å². The van der Waals surface area contributed by atoms with Gasteiger partial charge in [0, 0.05) is 6.54 Å². The quantitative estimate of drug-likeness (QED) is 0.759. The molecule has 0 aliphatic carbocycles. The van der Waals surface area contributed by atoms with Crippen LogP contribution in [0.2, 0.25) is 0 Å². The second kappa shape index (κ2) is 8.18. The maximum Gasteiger partial charge on any atom is 0.119 e. The Kier molecular flexibility index (Phi) is 6.89. The number of rotatable bonds is 8. The second-order valence-electron chi connectivity index (χ2n) is 5.10. The molecule has 108 valence electrons. The maximum absolute atomic E-state index is 9.73. The third-order valence-electron chi connectivity index (χ3n) is 3.48. The highest BCUT2D eigenvalue weighted by Crippen LogP contribution is 2.29. The number of aliphatic hydroxyl groups excluding tert-OH is 1. The summed E-state index contributed by atoms with van der Waals surface area (Å²) in [6, 6.07) is 6.23. The minimum Gasteiger partial charge on any atom is -0.494 e. The Labute approximate surface area is 116 Å². The second-order valence-corrected chi connectivity index (χ2v) is 5.10. The molecule has 0 bridgehead atoms. The Morgan fingerprint density at radius 2 is 2.05 bits per heavy atom. The normalized spacial score (nSPS) is 14.2. The summed E-state index contributed by atoms with van der Waals surface area (Å²) >= 11 is 0. The number of aryl methyl sites for hydroxylation is 1. The highest BCUT2D eigenvalue weighted by molar-refractivity contribution is 5.37. The van der Waals surface area contributed by atoms with E-state index >= 15 is 0 Å². The summed E-state index contributed by atoms with van der Waals surface area (Å²) in [4.78, 5) is 0. The summed E-state index contributed by atoms with van der Waals surface area (Å²) in [6.45, 7) is 7.43. The number of ether oxygens (including phenoxy) is 1. The predicted octanol–water partition coefficient (Wildman–Crippen LogP) is 2.99. The van der Waals surface area contributed by atoms with E-state index in [1.54, 1.807) is 0 Å². The van der Waals surface area contributed by atoms with Crippen molar-refractivity contribution in [2.45, 2.75) is 52.1 Å². The van der Waals surface area contributed by atoms with Crippen LogP contribution in [0, 0.1) is 6.92 Å². The summed E-state index contributed by atoms with van der Waals surface area (Å²) in [5.41, 5.74) is 8.02. The molecule has 0 saturated carbocycles. The van der Waals surface area contributed by atoms with E-state index in [1.165, 1.54) is 11.1 Å². The maximum atomic E-state index is 9.73. The number of hydrogen-bond donors (Lipinski definition) is 2. The molecule has 0 amide bonds. The Hall–Kier alpha value is -1.06. The van der Waals surface area contributed by atoms with E-state index in [2.05, 4.69) is 32.9 Å². The topological polar surface area (TPSA) is 55.5 Å². The molecule has 3 N–H and O–H groups in total. The molecule has 19 heavy (non-hydrogen) atoms. The van der Waals surface area contributed by atoms with Crippen LogP contribution in [0.15, 0.2) is 18.2 Å². The number of benzene rings is 1. The molecular weight excluding hydrogens is 238 g/mol. The van der Waals surface area contributed by atoms with Crippen LogP contribution in [0.1, 0.15) is 50.2 Å². The van der Waals surface area contributed by atoms with Gasteiger partial charge in [-0.05, 0) is 55.4 Å². The largest absolute Gasteiger partial charge is 0.494 e. The molecule has 0 spiro atoms. The van der Waals surface area contributed by atoms with E-state index < -0.39 is 6.10 Å². The van der Waals surface area contributed by atoms with Crippen molar-refractivity contribution < 1.29 is 9.84 Å². The Balaban J connectivity index is 2.80. The van der Waals surface area contributed by atoms with Gasteiger partial charge in [0.1, 0.15) is 5.75 Å². The summed E-state index contributed by atoms with van der Waals surface area (Å²) in [5, 5.41) is 9.73. The first-order valence-electron chi connectivity index (χ1n) is 7.23. The van der Waals surface area contributed by atoms with Crippen molar-refractivity contribution in [1.29, 1.82) is 0 Å². The van der Waals surface area contributed by atoms with Crippen molar-refractivity contribution in [2.24, 2.45) is 5.73 Å². The molecule has 2 unspecified atom stereocenters. The van der Waals surface area contributed by atoms with Gasteiger partial charge < -0.3 is 15.6 Å². The van der Waals surface area contributed by atoms with Gasteiger partial charge in [-0.1, -0.05) is 19.9 Å². The van der Waals surface area contributed by atoms with Gasteiger partial charge >= 0.3 is 0 Å². The van der Waals surface area contributed by atoms with Crippen LogP contribution < -0.4 is 10.5 Å². The molecule has 0 heterocycles. The molecule has 0 aliphatic heterocycles. The van der Waals surface area contributed by atoms with Crippen molar-refractivity contribution in [1.82, 2.24) is 0 Å². The highest BCUT2D eigenvalue weighted by atomic mass is 16.5. The van der Waals surface area contributed by atoms with Crippen molar-refractivity contribution in [3.8, 4) is 5.75 Å². The third kappa shape index (κ3) is 4.84. The van der Waals surface area contributed by atoms with Crippen molar-refractivity contribution in [3.63, 3.8) is 0 Å². The van der Waals surface area contributed by atoms with E-state index in [9.17, 15) is 5.11 Å². The molecular formula is C16H27NO2. The lowest BCUT2D eigenvalue weighted by Crippen LogP contribution is -2.22. The highest BCUT2D eigenvalue weighted by Gasteiger charge is 2.16. The fourth-order valence-electron chi connectivity index (χ4n) is 2.35. The van der Waals surface area contributed by atoms with E-state index in [0.29, 0.717) is 12.5 Å². The van der Waals surface area contributed by atoms with Gasteiger partial charge in [0.2, 0.25) is 0 Å². The zero-order valence-electron chi connectivity index (χ0n) is 12.4. The lowest BCUT2D eigenvalue weighted by Gasteiger charge is -2.21. The third-order valence-corrected chi connectivity index (χ3v) is 3.48. The molecule has 1 aromatic rings. The Bertz CT molecular complexity index is 379. The molecule has 1 aromatic carbocycles. The fourth-order valence-corrected chi connectivity index (χ4v) is 2.35. The number of aliphatic hydroxyl groups is 1. The minimum atomic E-state index is -0.416. The van der Waals surface area contributed by atoms with Crippen molar-refractivity contribution in [3.05, 3.63) is 29.3 Å². The van der Waals surface area contributed by atoms with Crippen LogP contribution >= 0.6 is 0 Å². The SMILES string of the molecule is CCCOc1ccc(C(CC)CC(O)CN)c(C)c1. The van der Waals surface area contributed by atoms with E-state index in [4.69, 9.17) is 10.5 Å². The van der Waals surface area contributed by atoms with Gasteiger partial charge in [-0.3, -0.25) is 0 Å². The minimum absolute atomic E-state index is 0.327. The molecule has 0 fully saturated rings. The molecule has 0 saturated heterocycles. The Morgan fingerprint density at radius 1 is 1.32 bits per heavy atom. The van der Waals surface area contributed by atoms with Gasteiger partial charge in [0.05, 0.1) is 12.7 Å². The molecule has 0 aromatic heterocycles. The molecule has 1 rings (SSSR count). The first kappa shape index (κ1) is 16.0. The van der Waals surface area contributed by atoms with Crippen molar-refractivity contribution >= 4 is 0 Å². The van der Waals surface area contributed by atoms with Gasteiger partial charge in [0.15, 0.2) is 0 Å². The summed E-state index contributed by atoms with van der Waals surface area (Å²) in [7, 11) is 0. The number of hydrogen-bond acceptors (Lipinski definition) is 3. The monoisotopic (exact) mass is 265 g/mol. The summed E-state index contributed by atoms with van der Waals surface area (Å²) in [5.74, 6) is 1.29. The predicted molar refractivity (Wildman–Crippen MR) is 79.7 cm³/mol. The standard InChI is InChI=1S/C16H27NO2/c1-4-8-19-15-6-7-16(12(3)9-15)13(5-2)10-14(18)11-17/h6-7,9,13-14,18H,4-5,8,10-11,17H2,1-3H3. The first-order chi connectivity index (χ1) is 9.12. The average Bonchev–Trinajstić information content (AvgIpc) is 2.42. The molecule has 3 heteroatoms. The van der Waals surface area contributed by atoms with Crippen LogP contribution in [0.5, 0.6) is 5.75 Å². The van der Waals surface area contributed by atoms with E-state index in [1.807, 2.05) is 6.07 Å². The van der Waals surface area contributed by atoms with Gasteiger partial charge in [0.25, 0.3) is 0 Å². The van der Waals surface area contributed by atoms with Gasteiger partial charge in [-0.15, -0.1) is 0 Å². The van der Waals surface area contributed by atoms with Gasteiger partial charge in [-0.25, -0.2) is 0 Å². The fraction of sp³-hybridized carbons (Fsp3) is 0.625. The molecule has 3 nitrogen and oxygen atoms in total. The molecule has 0 aliphatic rings. The van der Waals surface area contributed by atoms with E-state index in [0.717, 1.165) is 31.6 Å². The first-order valence-corrected chi connectivity index (χ1v) is 7.23. The number of nitrogens with two attached hydrogens (primary N) is 1. The summed E-state index contributed by atoms with van der Waals surface area (Å²) < 4.78 is 5.64. The summed E-state index contributed by atoms with van der Waals surface area (Å²) in [6.07, 6.45) is 2.33. The Morgan fingerprint density at radius 3 is 2.58 bits per heavy atom.